The van der Waals surface area contributed by atoms with Crippen molar-refractivity contribution in [3.8, 4) is 0 Å². The molecule has 0 spiro atoms. The van der Waals surface area contributed by atoms with E-state index >= 15 is 0 Å². The molecule has 0 aliphatic carbocycles. The Labute approximate surface area is 134 Å². The van der Waals surface area contributed by atoms with Gasteiger partial charge in [-0.25, -0.2) is 9.97 Å². The molecule has 3 aromatic carbocycles. The molecule has 1 aromatic heterocycles. The van der Waals surface area contributed by atoms with E-state index in [0.717, 1.165) is 28.1 Å². The highest BCUT2D eigenvalue weighted by Gasteiger charge is 2.15. The molecule has 3 heteroatoms. The maximum atomic E-state index is 4.57. The summed E-state index contributed by atoms with van der Waals surface area (Å²) in [4.78, 5) is 11.1. The summed E-state index contributed by atoms with van der Waals surface area (Å²) in [5.74, 6) is 0.882. The van der Waals surface area contributed by atoms with Crippen LogP contribution in [0.1, 0.15) is 0 Å². The lowest BCUT2D eigenvalue weighted by Gasteiger charge is -2.25. The molecule has 110 valence electrons. The van der Waals surface area contributed by atoms with Gasteiger partial charge in [-0.05, 0) is 36.4 Å². The van der Waals surface area contributed by atoms with Crippen LogP contribution in [0.15, 0.2) is 91.3 Å². The summed E-state index contributed by atoms with van der Waals surface area (Å²) in [6.45, 7) is 0. The largest absolute Gasteiger partial charge is 0.294 e. The maximum Gasteiger partial charge on any atom is 0.148 e. The Hall–Kier alpha value is -3.20. The van der Waals surface area contributed by atoms with E-state index in [4.69, 9.17) is 0 Å². The Morgan fingerprint density at radius 3 is 1.78 bits per heavy atom. The minimum Gasteiger partial charge on any atom is -0.294 e. The summed E-state index contributed by atoms with van der Waals surface area (Å²) in [5.41, 5.74) is 3.08. The molecular formula is C20H15N3. The smallest absolute Gasteiger partial charge is 0.148 e. The Balaban J connectivity index is 1.98. The number of aromatic nitrogens is 2. The lowest BCUT2D eigenvalue weighted by atomic mass is 10.2. The zero-order valence-corrected chi connectivity index (χ0v) is 12.5. The number of rotatable bonds is 3. The third kappa shape index (κ3) is 2.53. The summed E-state index contributed by atoms with van der Waals surface area (Å²) in [5, 5.41) is 1.03. The molecule has 0 fully saturated rings. The number of anilines is 3. The average molecular weight is 297 g/mol. The first-order valence-corrected chi connectivity index (χ1v) is 7.53. The van der Waals surface area contributed by atoms with Crippen LogP contribution in [-0.4, -0.2) is 9.97 Å². The molecule has 0 atom stereocenters. The van der Waals surface area contributed by atoms with Crippen molar-refractivity contribution in [2.75, 3.05) is 4.90 Å². The van der Waals surface area contributed by atoms with E-state index in [1.165, 1.54) is 0 Å². The molecule has 0 saturated carbocycles. The topological polar surface area (TPSA) is 29.0 Å². The molecule has 4 rings (SSSR count). The molecule has 4 aromatic rings. The Morgan fingerprint density at radius 2 is 1.13 bits per heavy atom. The van der Waals surface area contributed by atoms with Gasteiger partial charge < -0.3 is 0 Å². The zero-order valence-electron chi connectivity index (χ0n) is 12.5. The second-order valence-corrected chi connectivity index (χ2v) is 5.22. The van der Waals surface area contributed by atoms with Crippen molar-refractivity contribution in [1.29, 1.82) is 0 Å². The molecule has 0 amide bonds. The van der Waals surface area contributed by atoms with Gasteiger partial charge in [-0.2, -0.15) is 0 Å². The minimum absolute atomic E-state index is 0.882. The number of fused-ring (bicyclic) bond motifs is 1. The molecule has 0 bridgehead atoms. The van der Waals surface area contributed by atoms with E-state index in [2.05, 4.69) is 45.2 Å². The van der Waals surface area contributed by atoms with Crippen molar-refractivity contribution in [2.45, 2.75) is 0 Å². The van der Waals surface area contributed by atoms with Gasteiger partial charge in [0.2, 0.25) is 0 Å². The van der Waals surface area contributed by atoms with E-state index in [-0.39, 0.29) is 0 Å². The fourth-order valence-electron chi connectivity index (χ4n) is 2.72. The Bertz CT molecular complexity index is 876. The van der Waals surface area contributed by atoms with Crippen LogP contribution in [-0.2, 0) is 0 Å². The molecule has 0 saturated heterocycles. The predicted octanol–water partition coefficient (Wildman–Crippen LogP) is 5.10. The summed E-state index contributed by atoms with van der Waals surface area (Å²) in [6, 6.07) is 28.6. The summed E-state index contributed by atoms with van der Waals surface area (Å²) < 4.78 is 0. The highest BCUT2D eigenvalue weighted by atomic mass is 15.2. The van der Waals surface area contributed by atoms with Crippen LogP contribution in [0.2, 0.25) is 0 Å². The molecule has 0 radical (unpaired) electrons. The molecule has 23 heavy (non-hydrogen) atoms. The number of nitrogens with zero attached hydrogens (tertiary/aromatic N) is 3. The van der Waals surface area contributed by atoms with Crippen molar-refractivity contribution in [3.63, 3.8) is 0 Å². The predicted molar refractivity (Wildman–Crippen MR) is 94.2 cm³/mol. The van der Waals surface area contributed by atoms with Gasteiger partial charge in [0.25, 0.3) is 0 Å². The van der Waals surface area contributed by atoms with E-state index in [1.54, 1.807) is 6.33 Å². The average Bonchev–Trinajstić information content (AvgIpc) is 2.64. The molecular weight excluding hydrogens is 282 g/mol. The van der Waals surface area contributed by atoms with Crippen LogP contribution < -0.4 is 4.90 Å². The third-order valence-electron chi connectivity index (χ3n) is 3.76. The second kappa shape index (κ2) is 5.89. The van der Waals surface area contributed by atoms with Crippen LogP contribution >= 0.6 is 0 Å². The normalized spacial score (nSPS) is 10.6. The van der Waals surface area contributed by atoms with Gasteiger partial charge in [0.1, 0.15) is 12.1 Å². The summed E-state index contributed by atoms with van der Waals surface area (Å²) >= 11 is 0. The Morgan fingerprint density at radius 1 is 0.565 bits per heavy atom. The number of para-hydroxylation sites is 3. The first-order chi connectivity index (χ1) is 11.4. The molecule has 0 aliphatic rings. The lowest BCUT2D eigenvalue weighted by Crippen LogP contribution is -2.12. The Kier molecular flexibility index (Phi) is 3.45. The van der Waals surface area contributed by atoms with Gasteiger partial charge >= 0.3 is 0 Å². The number of hydrogen-bond donors (Lipinski definition) is 0. The lowest BCUT2D eigenvalue weighted by molar-refractivity contribution is 1.15. The first-order valence-electron chi connectivity index (χ1n) is 7.53. The second-order valence-electron chi connectivity index (χ2n) is 5.22. The fourth-order valence-corrected chi connectivity index (χ4v) is 2.72. The van der Waals surface area contributed by atoms with Crippen LogP contribution in [0.4, 0.5) is 17.2 Å². The highest BCUT2D eigenvalue weighted by molar-refractivity contribution is 5.94. The highest BCUT2D eigenvalue weighted by Crippen LogP contribution is 2.36. The summed E-state index contributed by atoms with van der Waals surface area (Å²) in [6.07, 6.45) is 1.62. The van der Waals surface area contributed by atoms with Crippen LogP contribution in [0.3, 0.4) is 0 Å². The van der Waals surface area contributed by atoms with Gasteiger partial charge in [-0.1, -0.05) is 48.5 Å². The van der Waals surface area contributed by atoms with E-state index in [0.29, 0.717) is 0 Å². The first kappa shape index (κ1) is 13.5. The third-order valence-corrected chi connectivity index (χ3v) is 3.76. The number of hydrogen-bond acceptors (Lipinski definition) is 3. The molecule has 0 N–H and O–H groups in total. The van der Waals surface area contributed by atoms with Crippen LogP contribution in [0.25, 0.3) is 10.9 Å². The van der Waals surface area contributed by atoms with Crippen molar-refractivity contribution in [2.24, 2.45) is 0 Å². The van der Waals surface area contributed by atoms with Gasteiger partial charge in [-0.3, -0.25) is 4.90 Å². The van der Waals surface area contributed by atoms with Crippen molar-refractivity contribution < 1.29 is 0 Å². The molecule has 0 unspecified atom stereocenters. The molecule has 1 heterocycles. The van der Waals surface area contributed by atoms with Crippen molar-refractivity contribution in [1.82, 2.24) is 9.97 Å². The fraction of sp³-hybridized carbons (Fsp3) is 0. The van der Waals surface area contributed by atoms with Crippen LogP contribution in [0.5, 0.6) is 0 Å². The quantitative estimate of drug-likeness (QED) is 0.527. The minimum atomic E-state index is 0.882. The van der Waals surface area contributed by atoms with Crippen LogP contribution in [0, 0.1) is 0 Å². The zero-order chi connectivity index (χ0) is 15.5. The van der Waals surface area contributed by atoms with Gasteiger partial charge in [0, 0.05) is 16.8 Å². The monoisotopic (exact) mass is 297 g/mol. The SMILES string of the molecule is c1ccc(N(c2ccccc2)c2ncnc3ccccc23)cc1. The van der Waals surface area contributed by atoms with Crippen molar-refractivity contribution in [3.05, 3.63) is 91.3 Å². The van der Waals surface area contributed by atoms with E-state index in [9.17, 15) is 0 Å². The van der Waals surface area contributed by atoms with Gasteiger partial charge in [-0.15, -0.1) is 0 Å². The van der Waals surface area contributed by atoms with E-state index in [1.807, 2.05) is 54.6 Å². The van der Waals surface area contributed by atoms with Crippen molar-refractivity contribution >= 4 is 28.1 Å². The van der Waals surface area contributed by atoms with Gasteiger partial charge in [0.15, 0.2) is 0 Å². The molecule has 0 aliphatic heterocycles. The van der Waals surface area contributed by atoms with Gasteiger partial charge in [0.05, 0.1) is 5.52 Å². The number of benzene rings is 3. The summed E-state index contributed by atoms with van der Waals surface area (Å²) in [7, 11) is 0. The molecule has 3 nitrogen and oxygen atoms in total. The van der Waals surface area contributed by atoms with E-state index < -0.39 is 0 Å². The maximum absolute atomic E-state index is 4.57. The standard InChI is InChI=1S/C20H15N3/c1-3-9-16(10-4-1)23(17-11-5-2-6-12-17)20-18-13-7-8-14-19(18)21-15-22-20/h1-15H.